The Morgan fingerprint density at radius 2 is 1.76 bits per heavy atom. The van der Waals surface area contributed by atoms with E-state index in [4.69, 9.17) is 23.9 Å². The maximum absolute atomic E-state index is 14.8. The SMILES string of the molecule is CCn1c(-c2cc(OCCN3CCS(=O)(=O)CC3)cnc2[C@H](C)OC)c2c3cc(ccc31)-c1cc(O)cc(c1)C[C@H](NC(=O)[C@H](C(C)C)N(C)C(=O)[C@@H]1OCC[C@@H]1c1ccccc1)C(O)N1CCC[C@H](N1)C(=O)OCC(C)(C)C2. The van der Waals surface area contributed by atoms with Crippen LogP contribution >= 0.6 is 0 Å². The average Bonchev–Trinajstić information content (AvgIpc) is 4.28. The lowest BCUT2D eigenvalue weighted by Crippen LogP contribution is -2.64. The summed E-state index contributed by atoms with van der Waals surface area (Å²) >= 11 is 0. The van der Waals surface area contributed by atoms with Crippen LogP contribution in [0.5, 0.6) is 11.5 Å². The molecule has 3 aromatic carbocycles. The van der Waals surface area contributed by atoms with Gasteiger partial charge in [-0.15, -0.1) is 0 Å². The Labute approximate surface area is 464 Å². The quantitative estimate of drug-likeness (QED) is 0.0885. The molecule has 4 N–H and O–H groups in total. The average molecular weight is 1110 g/mol. The minimum absolute atomic E-state index is 0.00465. The lowest BCUT2D eigenvalue weighted by atomic mass is 9.84. The highest BCUT2D eigenvalue weighted by molar-refractivity contribution is 7.91. The summed E-state index contributed by atoms with van der Waals surface area (Å²) < 4.78 is 51.1. The standard InChI is InChI=1S/C60H79N7O11S/c1-9-66-51-18-17-41-32-46(51)48(54(66)47-33-44(35-61-52(47)38(4)75-8)76-25-21-65-22-26-79(73,74)27-23-65)34-60(5,6)36-78-59(72)49-16-13-20-67(63-49)57(70)50(30-39-28-42(41)31-43(68)29-39)62-56(69)53(37(2)3)64(7)58(71)55-45(19-24-77-55)40-14-11-10-12-15-40/h10-12,14-15,17-18,28-29,31-33,35,37-38,45,49-50,53,55,57,63,68,70H,9,13,16,19-27,30,34,36H2,1-8H3,(H,62,69)/t38-,45+,49-,50-,53-,55+,57?/m0/s1. The Kier molecular flexibility index (Phi) is 17.9. The molecule has 5 aromatic rings. The van der Waals surface area contributed by atoms with Crippen molar-refractivity contribution >= 4 is 38.5 Å². The van der Waals surface area contributed by atoms with Crippen molar-refractivity contribution in [3.05, 3.63) is 101 Å². The maximum Gasteiger partial charge on any atom is 0.324 e. The number of phenolic OH excluding ortho intramolecular Hbond substituents is 1. The highest BCUT2D eigenvalue weighted by Crippen LogP contribution is 2.43. The summed E-state index contributed by atoms with van der Waals surface area (Å²) in [5.41, 5.74) is 10.2. The molecule has 2 aromatic heterocycles. The predicted octanol–water partition coefficient (Wildman–Crippen LogP) is 6.41. The van der Waals surface area contributed by atoms with E-state index in [1.54, 1.807) is 37.5 Å². The molecule has 8 atom stereocenters. The third kappa shape index (κ3) is 13.0. The molecule has 19 heteroatoms. The first-order chi connectivity index (χ1) is 37.7. The molecule has 2 unspecified atom stereocenters. The molecule has 6 bridgehead atoms. The van der Waals surface area contributed by atoms with Crippen LogP contribution in [0, 0.1) is 11.3 Å². The Morgan fingerprint density at radius 1 is 1.00 bits per heavy atom. The number of sulfone groups is 1. The lowest BCUT2D eigenvalue weighted by Gasteiger charge is -2.40. The molecule has 3 fully saturated rings. The van der Waals surface area contributed by atoms with Crippen molar-refractivity contribution in [1.29, 1.82) is 0 Å². The van der Waals surface area contributed by atoms with Gasteiger partial charge in [-0.2, -0.15) is 0 Å². The number of aromatic nitrogens is 2. The third-order valence-corrected chi connectivity index (χ3v) is 17.9. The normalized spacial score (nSPS) is 24.3. The first-order valence-corrected chi connectivity index (χ1v) is 29.7. The number of cyclic esters (lactones) is 1. The topological polar surface area (TPSA) is 214 Å². The van der Waals surface area contributed by atoms with Crippen molar-refractivity contribution in [3.8, 4) is 33.9 Å². The summed E-state index contributed by atoms with van der Waals surface area (Å²) in [6, 6.07) is 20.6. The number of likely N-dealkylation sites (N-methyl/N-ethyl adjacent to an activating group) is 1. The molecule has 4 aliphatic heterocycles. The van der Waals surface area contributed by atoms with Gasteiger partial charge in [0, 0.05) is 81.3 Å². The van der Waals surface area contributed by atoms with Crippen LogP contribution in [0.2, 0.25) is 0 Å². The monoisotopic (exact) mass is 1110 g/mol. The minimum atomic E-state index is -3.02. The Morgan fingerprint density at radius 3 is 2.48 bits per heavy atom. The van der Waals surface area contributed by atoms with E-state index in [1.807, 2.05) is 69.3 Å². The van der Waals surface area contributed by atoms with Gasteiger partial charge < -0.3 is 43.9 Å². The molecule has 0 aliphatic carbocycles. The number of hydrogen-bond acceptors (Lipinski definition) is 15. The van der Waals surface area contributed by atoms with Gasteiger partial charge in [-0.3, -0.25) is 24.3 Å². The molecular formula is C60H79N7O11S. The highest BCUT2D eigenvalue weighted by atomic mass is 32.2. The smallest absolute Gasteiger partial charge is 0.324 e. The molecule has 0 saturated carbocycles. The zero-order chi connectivity index (χ0) is 56.3. The van der Waals surface area contributed by atoms with E-state index in [1.165, 1.54) is 4.90 Å². The summed E-state index contributed by atoms with van der Waals surface area (Å²) in [7, 11) is 0.254. The van der Waals surface area contributed by atoms with Crippen molar-refractivity contribution < 1.29 is 52.0 Å². The number of benzene rings is 3. The number of aliphatic hydroxyl groups is 1. The van der Waals surface area contributed by atoms with Crippen molar-refractivity contribution in [1.82, 2.24) is 35.1 Å². The van der Waals surface area contributed by atoms with E-state index in [0.717, 1.165) is 38.9 Å². The number of aryl methyl sites for hydroxylation is 1. The van der Waals surface area contributed by atoms with Gasteiger partial charge in [0.15, 0.2) is 9.84 Å². The first-order valence-electron chi connectivity index (χ1n) is 27.9. The van der Waals surface area contributed by atoms with Crippen LogP contribution in [0.1, 0.15) is 95.2 Å². The molecule has 9 rings (SSSR count). The van der Waals surface area contributed by atoms with E-state index in [0.29, 0.717) is 94.2 Å². The molecule has 3 saturated heterocycles. The van der Waals surface area contributed by atoms with Crippen molar-refractivity contribution in [2.24, 2.45) is 11.3 Å². The zero-order valence-corrected chi connectivity index (χ0v) is 47.8. The van der Waals surface area contributed by atoms with Crippen molar-refractivity contribution in [2.75, 3.05) is 71.7 Å². The number of phenols is 1. The number of hydrogen-bond donors (Lipinski definition) is 4. The number of hydrazine groups is 1. The van der Waals surface area contributed by atoms with Crippen LogP contribution in [0.15, 0.2) is 79.0 Å². The minimum Gasteiger partial charge on any atom is -0.508 e. The second-order valence-corrected chi connectivity index (χ2v) is 25.3. The van der Waals surface area contributed by atoms with Crippen molar-refractivity contribution in [3.63, 3.8) is 0 Å². The molecule has 0 radical (unpaired) electrons. The summed E-state index contributed by atoms with van der Waals surface area (Å²) in [5.74, 6) is -0.941. The van der Waals surface area contributed by atoms with Gasteiger partial charge in [0.1, 0.15) is 42.5 Å². The number of nitrogens with zero attached hydrogens (tertiary/aromatic N) is 5. The summed E-state index contributed by atoms with van der Waals surface area (Å²) in [6.45, 7) is 15.2. The summed E-state index contributed by atoms with van der Waals surface area (Å²) in [4.78, 5) is 52.0. The second kappa shape index (κ2) is 24.4. The molecular weight excluding hydrogens is 1030 g/mol. The number of methoxy groups -OCH3 is 1. The van der Waals surface area contributed by atoms with Gasteiger partial charge in [-0.05, 0) is 110 Å². The van der Waals surface area contributed by atoms with E-state index < -0.39 is 63.7 Å². The van der Waals surface area contributed by atoms with Crippen LogP contribution in [0.4, 0.5) is 0 Å². The van der Waals surface area contributed by atoms with Gasteiger partial charge in [-0.1, -0.05) is 70.2 Å². The van der Waals surface area contributed by atoms with E-state index in [-0.39, 0.29) is 48.0 Å². The number of ether oxygens (including phenoxy) is 4. The predicted molar refractivity (Wildman–Crippen MR) is 302 cm³/mol. The Balaban J connectivity index is 1.09. The third-order valence-electron chi connectivity index (χ3n) is 16.2. The summed E-state index contributed by atoms with van der Waals surface area (Å²) in [6.07, 6.45) is 1.37. The van der Waals surface area contributed by atoms with Gasteiger partial charge in [0.25, 0.3) is 5.91 Å². The molecule has 0 spiro atoms. The number of fused-ring (bicyclic) bond motifs is 6. The molecule has 79 heavy (non-hydrogen) atoms. The fourth-order valence-electron chi connectivity index (χ4n) is 12.0. The molecule has 4 aliphatic rings. The molecule has 6 heterocycles. The Bertz CT molecular complexity index is 3100. The molecule has 18 nitrogen and oxygen atoms in total. The number of rotatable bonds is 14. The Hall–Kier alpha value is -5.93. The molecule has 2 amide bonds. The van der Waals surface area contributed by atoms with Crippen molar-refractivity contribution in [2.45, 2.75) is 123 Å². The van der Waals surface area contributed by atoms with Crippen LogP contribution in [-0.4, -0.2) is 163 Å². The number of aliphatic hydroxyl groups excluding tert-OH is 1. The number of amides is 2. The van der Waals surface area contributed by atoms with Crippen LogP contribution in [0.25, 0.3) is 33.3 Å². The number of carbonyl (C=O) groups is 3. The number of carbonyl (C=O) groups excluding carboxylic acids is 3. The summed E-state index contributed by atoms with van der Waals surface area (Å²) in [5, 5.41) is 29.6. The van der Waals surface area contributed by atoms with Crippen LogP contribution < -0.4 is 15.5 Å². The van der Waals surface area contributed by atoms with Gasteiger partial charge in [0.05, 0.1) is 47.8 Å². The maximum atomic E-state index is 14.8. The number of nitrogens with one attached hydrogen (secondary N) is 2. The number of esters is 1. The van der Waals surface area contributed by atoms with Gasteiger partial charge in [-0.25, -0.2) is 18.9 Å². The zero-order valence-electron chi connectivity index (χ0n) is 46.9. The van der Waals surface area contributed by atoms with E-state index in [2.05, 4.69) is 53.1 Å². The lowest BCUT2D eigenvalue weighted by molar-refractivity contribution is -0.157. The highest BCUT2D eigenvalue weighted by Gasteiger charge is 2.43. The fraction of sp³-hybridized carbons (Fsp3) is 0.533. The largest absolute Gasteiger partial charge is 0.508 e. The fourth-order valence-corrected chi connectivity index (χ4v) is 13.3. The van der Waals surface area contributed by atoms with Crippen LogP contribution in [0.3, 0.4) is 0 Å². The van der Waals surface area contributed by atoms with Gasteiger partial charge >= 0.3 is 5.97 Å². The number of aromatic hydroxyl groups is 1. The van der Waals surface area contributed by atoms with E-state index in [9.17, 15) is 33.0 Å². The van der Waals surface area contributed by atoms with Crippen LogP contribution in [-0.2, 0) is 57.8 Å². The van der Waals surface area contributed by atoms with E-state index >= 15 is 0 Å². The molecule has 426 valence electrons. The second-order valence-electron chi connectivity index (χ2n) is 22.9. The van der Waals surface area contributed by atoms with Gasteiger partial charge in [0.2, 0.25) is 5.91 Å². The number of pyridine rings is 1. The first kappa shape index (κ1) is 57.7.